The summed E-state index contributed by atoms with van der Waals surface area (Å²) in [6.07, 6.45) is 0.396. The van der Waals surface area contributed by atoms with Crippen LogP contribution in [-0.4, -0.2) is 19.1 Å². The van der Waals surface area contributed by atoms with E-state index in [-0.39, 0.29) is 5.91 Å². The van der Waals surface area contributed by atoms with Gasteiger partial charge in [-0.1, -0.05) is 18.2 Å². The highest BCUT2D eigenvalue weighted by atomic mass is 16.5. The van der Waals surface area contributed by atoms with Crippen LogP contribution >= 0.6 is 0 Å². The maximum Gasteiger partial charge on any atom is 0.226 e. The summed E-state index contributed by atoms with van der Waals surface area (Å²) in [6, 6.07) is 13.8. The number of carbonyl (C=O) groups excluding carboxylic acids is 1. The lowest BCUT2D eigenvalue weighted by Gasteiger charge is -2.12. The van der Waals surface area contributed by atoms with Gasteiger partial charge in [0.2, 0.25) is 5.91 Å². The normalized spacial score (nSPS) is 10.2. The van der Waals surface area contributed by atoms with E-state index in [9.17, 15) is 4.79 Å². The molecule has 2 N–H and O–H groups in total. The van der Waals surface area contributed by atoms with Crippen LogP contribution in [-0.2, 0) is 4.79 Å². The number of para-hydroxylation sites is 2. The van der Waals surface area contributed by atoms with Gasteiger partial charge >= 0.3 is 0 Å². The van der Waals surface area contributed by atoms with E-state index in [1.165, 1.54) is 11.1 Å². The van der Waals surface area contributed by atoms with Crippen molar-refractivity contribution in [3.63, 3.8) is 0 Å². The molecular weight excluding hydrogens is 288 g/mol. The predicted octanol–water partition coefficient (Wildman–Crippen LogP) is 4.14. The second-order valence-corrected chi connectivity index (χ2v) is 5.53. The fourth-order valence-corrected chi connectivity index (χ4v) is 2.46. The number of ether oxygens (including phenoxy) is 1. The third-order valence-corrected chi connectivity index (χ3v) is 3.36. The number of benzene rings is 2. The topological polar surface area (TPSA) is 50.4 Å². The SMILES string of the molecule is CCOc1ccccc1NC(=O)CCNc1cc(C)cc(C)c1. The Morgan fingerprint density at radius 3 is 2.48 bits per heavy atom. The monoisotopic (exact) mass is 312 g/mol. The second-order valence-electron chi connectivity index (χ2n) is 5.53. The Hall–Kier alpha value is -2.49. The molecule has 4 nitrogen and oxygen atoms in total. The highest BCUT2D eigenvalue weighted by Gasteiger charge is 2.07. The standard InChI is InChI=1S/C19H24N2O2/c1-4-23-18-8-6-5-7-17(18)21-19(22)9-10-20-16-12-14(2)11-15(3)13-16/h5-8,11-13,20H,4,9-10H2,1-3H3,(H,21,22). The number of rotatable bonds is 7. The van der Waals surface area contributed by atoms with E-state index in [1.54, 1.807) is 0 Å². The van der Waals surface area contributed by atoms with Gasteiger partial charge in [-0.3, -0.25) is 4.79 Å². The molecule has 0 spiro atoms. The second kappa shape index (κ2) is 8.22. The molecule has 0 heterocycles. The van der Waals surface area contributed by atoms with E-state index < -0.39 is 0 Å². The third kappa shape index (κ3) is 5.33. The highest BCUT2D eigenvalue weighted by Crippen LogP contribution is 2.23. The first-order valence-corrected chi connectivity index (χ1v) is 7.92. The summed E-state index contributed by atoms with van der Waals surface area (Å²) in [5.41, 5.74) is 4.18. The number of anilines is 2. The smallest absolute Gasteiger partial charge is 0.226 e. The van der Waals surface area contributed by atoms with Crippen molar-refractivity contribution < 1.29 is 9.53 Å². The molecule has 0 bridgehead atoms. The Morgan fingerprint density at radius 2 is 1.78 bits per heavy atom. The van der Waals surface area contributed by atoms with Crippen molar-refractivity contribution in [2.75, 3.05) is 23.8 Å². The van der Waals surface area contributed by atoms with Crippen molar-refractivity contribution in [2.45, 2.75) is 27.2 Å². The molecule has 0 aromatic heterocycles. The van der Waals surface area contributed by atoms with Crippen LogP contribution in [0.5, 0.6) is 5.75 Å². The highest BCUT2D eigenvalue weighted by molar-refractivity contribution is 5.92. The average Bonchev–Trinajstić information content (AvgIpc) is 2.48. The first-order valence-electron chi connectivity index (χ1n) is 7.92. The van der Waals surface area contributed by atoms with Gasteiger partial charge in [-0.05, 0) is 56.2 Å². The molecule has 0 saturated heterocycles. The van der Waals surface area contributed by atoms with Gasteiger partial charge in [0.1, 0.15) is 5.75 Å². The third-order valence-electron chi connectivity index (χ3n) is 3.36. The summed E-state index contributed by atoms with van der Waals surface area (Å²) in [6.45, 7) is 7.21. The molecule has 0 radical (unpaired) electrons. The summed E-state index contributed by atoms with van der Waals surface area (Å²) in [4.78, 5) is 12.1. The van der Waals surface area contributed by atoms with Crippen LogP contribution in [0.1, 0.15) is 24.5 Å². The molecule has 0 atom stereocenters. The predicted molar refractivity (Wildman–Crippen MR) is 95.3 cm³/mol. The lowest BCUT2D eigenvalue weighted by atomic mass is 10.1. The van der Waals surface area contributed by atoms with Crippen LogP contribution < -0.4 is 15.4 Å². The van der Waals surface area contributed by atoms with Crippen LogP contribution in [0.2, 0.25) is 0 Å². The molecular formula is C19H24N2O2. The zero-order chi connectivity index (χ0) is 16.7. The molecule has 0 aliphatic heterocycles. The van der Waals surface area contributed by atoms with Gasteiger partial charge in [-0.15, -0.1) is 0 Å². The van der Waals surface area contributed by atoms with Gasteiger partial charge in [0.25, 0.3) is 0 Å². The number of nitrogens with one attached hydrogen (secondary N) is 2. The summed E-state index contributed by atoms with van der Waals surface area (Å²) < 4.78 is 5.51. The summed E-state index contributed by atoms with van der Waals surface area (Å²) in [5.74, 6) is 0.666. The molecule has 2 rings (SSSR count). The molecule has 122 valence electrons. The van der Waals surface area contributed by atoms with Gasteiger partial charge in [-0.25, -0.2) is 0 Å². The van der Waals surface area contributed by atoms with E-state index in [4.69, 9.17) is 4.74 Å². The maximum absolute atomic E-state index is 12.1. The van der Waals surface area contributed by atoms with Crippen molar-refractivity contribution in [3.05, 3.63) is 53.6 Å². The summed E-state index contributed by atoms with van der Waals surface area (Å²) in [5, 5.41) is 6.19. The van der Waals surface area contributed by atoms with Crippen LogP contribution in [0.15, 0.2) is 42.5 Å². The van der Waals surface area contributed by atoms with Gasteiger partial charge in [0.05, 0.1) is 12.3 Å². The molecule has 0 aliphatic carbocycles. The van der Waals surface area contributed by atoms with E-state index >= 15 is 0 Å². The largest absolute Gasteiger partial charge is 0.492 e. The molecule has 4 heteroatoms. The maximum atomic E-state index is 12.1. The fourth-order valence-electron chi connectivity index (χ4n) is 2.46. The van der Waals surface area contributed by atoms with E-state index in [0.717, 1.165) is 5.69 Å². The Labute approximate surface area is 137 Å². The van der Waals surface area contributed by atoms with Gasteiger partial charge in [0, 0.05) is 18.7 Å². The molecule has 23 heavy (non-hydrogen) atoms. The minimum atomic E-state index is -0.0333. The van der Waals surface area contributed by atoms with Gasteiger partial charge < -0.3 is 15.4 Å². The minimum absolute atomic E-state index is 0.0333. The molecule has 1 amide bonds. The number of aryl methyl sites for hydroxylation is 2. The summed E-state index contributed by atoms with van der Waals surface area (Å²) >= 11 is 0. The minimum Gasteiger partial charge on any atom is -0.492 e. The molecule has 0 unspecified atom stereocenters. The molecule has 0 saturated carbocycles. The van der Waals surface area contributed by atoms with Crippen molar-refractivity contribution in [3.8, 4) is 5.75 Å². The lowest BCUT2D eigenvalue weighted by molar-refractivity contribution is -0.116. The number of amides is 1. The van der Waals surface area contributed by atoms with Crippen LogP contribution in [0.25, 0.3) is 0 Å². The van der Waals surface area contributed by atoms with Gasteiger partial charge in [0.15, 0.2) is 0 Å². The van der Waals surface area contributed by atoms with E-state index in [0.29, 0.717) is 31.0 Å². The van der Waals surface area contributed by atoms with E-state index in [1.807, 2.05) is 31.2 Å². The lowest BCUT2D eigenvalue weighted by Crippen LogP contribution is -2.17. The zero-order valence-electron chi connectivity index (χ0n) is 14.0. The quantitative estimate of drug-likeness (QED) is 0.808. The Bertz CT molecular complexity index is 648. The molecule has 0 fully saturated rings. The Balaban J connectivity index is 1.86. The van der Waals surface area contributed by atoms with Crippen molar-refractivity contribution in [1.29, 1.82) is 0 Å². The fraction of sp³-hybridized carbons (Fsp3) is 0.316. The van der Waals surface area contributed by atoms with Crippen LogP contribution in [0.3, 0.4) is 0 Å². The Kier molecular flexibility index (Phi) is 6.03. The van der Waals surface area contributed by atoms with Crippen molar-refractivity contribution in [2.24, 2.45) is 0 Å². The first-order chi connectivity index (χ1) is 11.1. The number of hydrogen-bond acceptors (Lipinski definition) is 3. The first kappa shape index (κ1) is 16.9. The molecule has 2 aromatic rings. The zero-order valence-corrected chi connectivity index (χ0v) is 14.0. The summed E-state index contributed by atoms with van der Waals surface area (Å²) in [7, 11) is 0. The Morgan fingerprint density at radius 1 is 1.09 bits per heavy atom. The van der Waals surface area contributed by atoms with Crippen molar-refractivity contribution >= 4 is 17.3 Å². The van der Waals surface area contributed by atoms with Gasteiger partial charge in [-0.2, -0.15) is 0 Å². The van der Waals surface area contributed by atoms with Crippen LogP contribution in [0, 0.1) is 13.8 Å². The molecule has 0 aliphatic rings. The van der Waals surface area contributed by atoms with Crippen molar-refractivity contribution in [1.82, 2.24) is 0 Å². The van der Waals surface area contributed by atoms with E-state index in [2.05, 4.69) is 42.7 Å². The number of hydrogen-bond donors (Lipinski definition) is 2. The van der Waals surface area contributed by atoms with Crippen LogP contribution in [0.4, 0.5) is 11.4 Å². The number of carbonyl (C=O) groups is 1. The molecule has 2 aromatic carbocycles. The average molecular weight is 312 g/mol.